The third-order valence-corrected chi connectivity index (χ3v) is 3.71. The highest BCUT2D eigenvalue weighted by atomic mass is 79.9. The van der Waals surface area contributed by atoms with Crippen molar-refractivity contribution in [2.45, 2.75) is 39.0 Å². The molecule has 122 valence electrons. The summed E-state index contributed by atoms with van der Waals surface area (Å²) in [6.07, 6.45) is 6.39. The summed E-state index contributed by atoms with van der Waals surface area (Å²) in [6.45, 7) is 2.14. The normalized spacial score (nSPS) is 10.7. The van der Waals surface area contributed by atoms with Gasteiger partial charge in [-0.15, -0.1) is 0 Å². The molecular formula is C16H23BrN2O3. The highest BCUT2D eigenvalue weighted by Crippen LogP contribution is 2.35. The predicted molar refractivity (Wildman–Crippen MR) is 91.7 cm³/mol. The van der Waals surface area contributed by atoms with Crippen LogP contribution in [0.1, 0.15) is 44.6 Å². The van der Waals surface area contributed by atoms with Crippen LogP contribution in [0.4, 0.5) is 0 Å². The molecule has 0 saturated carbocycles. The first-order valence-corrected chi connectivity index (χ1v) is 8.15. The fraction of sp³-hybridized carbons (Fsp3) is 0.500. The molecule has 1 amide bonds. The number of ether oxygens (including phenoxy) is 2. The van der Waals surface area contributed by atoms with E-state index in [1.54, 1.807) is 26.5 Å². The number of carbonyl (C=O) groups is 1. The van der Waals surface area contributed by atoms with E-state index in [0.29, 0.717) is 17.9 Å². The molecule has 1 aromatic carbocycles. The number of amides is 1. The summed E-state index contributed by atoms with van der Waals surface area (Å²) in [5, 5.41) is 3.97. The van der Waals surface area contributed by atoms with E-state index in [1.807, 2.05) is 6.07 Å². The van der Waals surface area contributed by atoms with Gasteiger partial charge >= 0.3 is 0 Å². The lowest BCUT2D eigenvalue weighted by Gasteiger charge is -2.10. The van der Waals surface area contributed by atoms with Gasteiger partial charge in [0.1, 0.15) is 0 Å². The number of methoxy groups -OCH3 is 2. The maximum Gasteiger partial charge on any atom is 0.240 e. The molecule has 0 atom stereocenters. The van der Waals surface area contributed by atoms with Crippen molar-refractivity contribution >= 4 is 28.1 Å². The molecule has 0 aliphatic carbocycles. The minimum absolute atomic E-state index is 0.0631. The Labute approximate surface area is 140 Å². The van der Waals surface area contributed by atoms with Crippen molar-refractivity contribution in [3.8, 4) is 11.5 Å². The Bertz CT molecular complexity index is 518. The highest BCUT2D eigenvalue weighted by molar-refractivity contribution is 9.10. The van der Waals surface area contributed by atoms with Gasteiger partial charge in [-0.3, -0.25) is 4.79 Å². The van der Waals surface area contributed by atoms with Gasteiger partial charge in [-0.1, -0.05) is 26.2 Å². The van der Waals surface area contributed by atoms with Gasteiger partial charge in [0, 0.05) is 6.42 Å². The number of hydrogen-bond donors (Lipinski definition) is 1. The summed E-state index contributed by atoms with van der Waals surface area (Å²) >= 11 is 3.41. The SMILES string of the molecule is CCCCCCC(=O)N/N=C/c1cc(Br)c(OC)c(OC)c1. The van der Waals surface area contributed by atoms with E-state index < -0.39 is 0 Å². The second-order valence-electron chi connectivity index (χ2n) is 4.84. The Morgan fingerprint density at radius 1 is 1.27 bits per heavy atom. The second-order valence-corrected chi connectivity index (χ2v) is 5.70. The summed E-state index contributed by atoms with van der Waals surface area (Å²) in [4.78, 5) is 11.6. The summed E-state index contributed by atoms with van der Waals surface area (Å²) in [7, 11) is 3.15. The average Bonchev–Trinajstić information content (AvgIpc) is 2.51. The van der Waals surface area contributed by atoms with Crippen LogP contribution in [0.2, 0.25) is 0 Å². The minimum Gasteiger partial charge on any atom is -0.493 e. The summed E-state index contributed by atoms with van der Waals surface area (Å²) in [5.74, 6) is 1.16. The zero-order valence-electron chi connectivity index (χ0n) is 13.3. The zero-order chi connectivity index (χ0) is 16.4. The first-order chi connectivity index (χ1) is 10.6. The minimum atomic E-state index is -0.0631. The van der Waals surface area contributed by atoms with Crippen molar-refractivity contribution < 1.29 is 14.3 Å². The van der Waals surface area contributed by atoms with Crippen LogP contribution in [0.25, 0.3) is 0 Å². The number of nitrogens with one attached hydrogen (secondary N) is 1. The molecule has 0 saturated heterocycles. The lowest BCUT2D eigenvalue weighted by molar-refractivity contribution is -0.121. The van der Waals surface area contributed by atoms with Crippen molar-refractivity contribution in [3.05, 3.63) is 22.2 Å². The van der Waals surface area contributed by atoms with Crippen LogP contribution in [0.3, 0.4) is 0 Å². The quantitative estimate of drug-likeness (QED) is 0.407. The number of rotatable bonds is 9. The number of benzene rings is 1. The molecule has 0 aromatic heterocycles. The molecule has 0 radical (unpaired) electrons. The Morgan fingerprint density at radius 2 is 2.05 bits per heavy atom. The van der Waals surface area contributed by atoms with Gasteiger partial charge in [0.2, 0.25) is 5.91 Å². The molecule has 5 nitrogen and oxygen atoms in total. The molecule has 1 N–H and O–H groups in total. The molecule has 0 spiro atoms. The van der Waals surface area contributed by atoms with Crippen molar-refractivity contribution in [3.63, 3.8) is 0 Å². The predicted octanol–water partition coefficient (Wildman–Crippen LogP) is 3.89. The smallest absolute Gasteiger partial charge is 0.240 e. The molecule has 22 heavy (non-hydrogen) atoms. The van der Waals surface area contributed by atoms with Gasteiger partial charge in [0.05, 0.1) is 24.9 Å². The summed E-state index contributed by atoms with van der Waals surface area (Å²) in [6, 6.07) is 3.64. The third kappa shape index (κ3) is 6.05. The van der Waals surface area contributed by atoms with Crippen LogP contribution in [0, 0.1) is 0 Å². The van der Waals surface area contributed by atoms with Crippen LogP contribution in [0.5, 0.6) is 11.5 Å². The largest absolute Gasteiger partial charge is 0.493 e. The molecule has 0 aliphatic heterocycles. The zero-order valence-corrected chi connectivity index (χ0v) is 14.9. The van der Waals surface area contributed by atoms with Gasteiger partial charge in [-0.05, 0) is 40.0 Å². The van der Waals surface area contributed by atoms with Gasteiger partial charge < -0.3 is 9.47 Å². The van der Waals surface area contributed by atoms with Crippen molar-refractivity contribution in [1.29, 1.82) is 0 Å². The molecule has 0 fully saturated rings. The Morgan fingerprint density at radius 3 is 2.68 bits per heavy atom. The van der Waals surface area contributed by atoms with E-state index in [4.69, 9.17) is 9.47 Å². The van der Waals surface area contributed by atoms with Gasteiger partial charge in [-0.2, -0.15) is 5.10 Å². The van der Waals surface area contributed by atoms with Crippen LogP contribution in [-0.2, 0) is 4.79 Å². The van der Waals surface area contributed by atoms with E-state index in [2.05, 4.69) is 33.4 Å². The van der Waals surface area contributed by atoms with E-state index in [-0.39, 0.29) is 5.91 Å². The van der Waals surface area contributed by atoms with Crippen molar-refractivity contribution in [2.24, 2.45) is 5.10 Å². The number of carbonyl (C=O) groups excluding carboxylic acids is 1. The Kier molecular flexibility index (Phi) is 8.58. The highest BCUT2D eigenvalue weighted by Gasteiger charge is 2.09. The molecule has 1 aromatic rings. The molecule has 0 heterocycles. The standard InChI is InChI=1S/C16H23BrN2O3/c1-4-5-6-7-8-15(20)19-18-11-12-9-13(17)16(22-3)14(10-12)21-2/h9-11H,4-8H2,1-3H3,(H,19,20)/b18-11+. The average molecular weight is 371 g/mol. The van der Waals surface area contributed by atoms with E-state index in [0.717, 1.165) is 35.7 Å². The first kappa shape index (κ1) is 18.5. The van der Waals surface area contributed by atoms with Crippen LogP contribution < -0.4 is 14.9 Å². The van der Waals surface area contributed by atoms with Crippen LogP contribution >= 0.6 is 15.9 Å². The second kappa shape index (κ2) is 10.2. The molecule has 0 bridgehead atoms. The Hall–Kier alpha value is -1.56. The monoisotopic (exact) mass is 370 g/mol. The lowest BCUT2D eigenvalue weighted by atomic mass is 10.1. The van der Waals surface area contributed by atoms with Gasteiger partial charge in [0.15, 0.2) is 11.5 Å². The van der Waals surface area contributed by atoms with E-state index >= 15 is 0 Å². The molecule has 0 aliphatic rings. The number of hydrogen-bond acceptors (Lipinski definition) is 4. The molecule has 6 heteroatoms. The van der Waals surface area contributed by atoms with Gasteiger partial charge in [-0.25, -0.2) is 5.43 Å². The topological polar surface area (TPSA) is 59.9 Å². The number of nitrogens with zero attached hydrogens (tertiary/aromatic N) is 1. The Balaban J connectivity index is 2.56. The van der Waals surface area contributed by atoms with Crippen LogP contribution in [-0.4, -0.2) is 26.3 Å². The van der Waals surface area contributed by atoms with E-state index in [9.17, 15) is 4.79 Å². The van der Waals surface area contributed by atoms with Crippen LogP contribution in [0.15, 0.2) is 21.7 Å². The lowest BCUT2D eigenvalue weighted by Crippen LogP contribution is -2.16. The van der Waals surface area contributed by atoms with Gasteiger partial charge in [0.25, 0.3) is 0 Å². The molecule has 0 unspecified atom stereocenters. The number of hydrazone groups is 1. The molecular weight excluding hydrogens is 348 g/mol. The first-order valence-electron chi connectivity index (χ1n) is 7.35. The third-order valence-electron chi connectivity index (χ3n) is 3.12. The van der Waals surface area contributed by atoms with Crippen molar-refractivity contribution in [2.75, 3.05) is 14.2 Å². The van der Waals surface area contributed by atoms with Crippen molar-refractivity contribution in [1.82, 2.24) is 5.43 Å². The summed E-state index contributed by atoms with van der Waals surface area (Å²) in [5.41, 5.74) is 3.34. The number of unbranched alkanes of at least 4 members (excludes halogenated alkanes) is 3. The fourth-order valence-electron chi connectivity index (χ4n) is 1.96. The maximum atomic E-state index is 11.6. The molecule has 1 rings (SSSR count). The maximum absolute atomic E-state index is 11.6. The van der Waals surface area contributed by atoms with E-state index in [1.165, 1.54) is 0 Å². The summed E-state index contributed by atoms with van der Waals surface area (Å²) < 4.78 is 11.3. The number of halogens is 1. The fourth-order valence-corrected chi connectivity index (χ4v) is 2.58.